The zero-order valence-corrected chi connectivity index (χ0v) is 28.5. The second kappa shape index (κ2) is 14.2. The molecule has 0 unspecified atom stereocenters. The van der Waals surface area contributed by atoms with Crippen molar-refractivity contribution in [3.05, 3.63) is 46.5 Å². The molecule has 1 heterocycles. The van der Waals surface area contributed by atoms with Gasteiger partial charge in [0.05, 0.1) is 12.1 Å². The standard InChI is InChI=1S/C34H57N5O3/c1-22(2)27(21-25(5)31(41)39-16-14-37(12)15-17-39)38(13)32(42)29(33(6,7)8)36-30(40)28(35-11)34(9,10)26-19-23(3)18-24(4)20-26/h18-22,27-29,35H,14-17H2,1-13H3,(H,36,40)/b25-21+/t27-,28+,29-/m0/s1. The monoisotopic (exact) mass is 583 g/mol. The number of benzene rings is 1. The van der Waals surface area contributed by atoms with E-state index in [2.05, 4.69) is 68.5 Å². The smallest absolute Gasteiger partial charge is 0.249 e. The Kier molecular flexibility index (Phi) is 12.0. The van der Waals surface area contributed by atoms with Crippen LogP contribution in [0.15, 0.2) is 29.8 Å². The van der Waals surface area contributed by atoms with Gasteiger partial charge in [-0.1, -0.05) is 83.9 Å². The molecule has 42 heavy (non-hydrogen) atoms. The predicted octanol–water partition coefficient (Wildman–Crippen LogP) is 3.90. The number of hydrogen-bond acceptors (Lipinski definition) is 5. The maximum Gasteiger partial charge on any atom is 0.249 e. The van der Waals surface area contributed by atoms with Gasteiger partial charge in [0.15, 0.2) is 0 Å². The number of likely N-dealkylation sites (N-methyl/N-ethyl adjacent to an activating group) is 3. The van der Waals surface area contributed by atoms with Gasteiger partial charge in [-0.3, -0.25) is 14.4 Å². The lowest BCUT2D eigenvalue weighted by atomic mass is 9.76. The Bertz CT molecular complexity index is 1120. The SMILES string of the molecule is CN[C@H](C(=O)N[C@@H](C(=O)N(C)[C@@H](/C=C(\C)C(=O)N1CCN(C)CC1)C(C)C)C(C)(C)C)C(C)(C)c1cc(C)cc(C)c1. The first-order valence-electron chi connectivity index (χ1n) is 15.3. The molecular weight excluding hydrogens is 526 g/mol. The molecular formula is C34H57N5O3. The Balaban J connectivity index is 2.33. The van der Waals surface area contributed by atoms with Gasteiger partial charge in [0.2, 0.25) is 17.7 Å². The van der Waals surface area contributed by atoms with Gasteiger partial charge in [0.25, 0.3) is 0 Å². The summed E-state index contributed by atoms with van der Waals surface area (Å²) < 4.78 is 0. The molecule has 0 bridgehead atoms. The van der Waals surface area contributed by atoms with Gasteiger partial charge in [0, 0.05) is 44.2 Å². The molecule has 2 rings (SSSR count). The van der Waals surface area contributed by atoms with Gasteiger partial charge in [-0.15, -0.1) is 0 Å². The minimum absolute atomic E-state index is 0.0146. The van der Waals surface area contributed by atoms with Crippen molar-refractivity contribution < 1.29 is 14.4 Å². The number of rotatable bonds is 10. The van der Waals surface area contributed by atoms with Gasteiger partial charge in [-0.05, 0) is 51.8 Å². The maximum atomic E-state index is 14.1. The van der Waals surface area contributed by atoms with Crippen LogP contribution in [0.25, 0.3) is 0 Å². The first-order chi connectivity index (χ1) is 19.3. The lowest BCUT2D eigenvalue weighted by molar-refractivity contribution is -0.141. The van der Waals surface area contributed by atoms with E-state index in [-0.39, 0.29) is 29.7 Å². The van der Waals surface area contributed by atoms with Crippen LogP contribution in [0.1, 0.15) is 72.1 Å². The van der Waals surface area contributed by atoms with Crippen molar-refractivity contribution in [3.63, 3.8) is 0 Å². The Morgan fingerprint density at radius 3 is 1.90 bits per heavy atom. The average molecular weight is 584 g/mol. The summed E-state index contributed by atoms with van der Waals surface area (Å²) in [5.74, 6) is -0.314. The summed E-state index contributed by atoms with van der Waals surface area (Å²) >= 11 is 0. The summed E-state index contributed by atoms with van der Waals surface area (Å²) in [5, 5.41) is 6.35. The molecule has 0 aromatic heterocycles. The molecule has 2 N–H and O–H groups in total. The number of carbonyl (C=O) groups excluding carboxylic acids is 3. The van der Waals surface area contributed by atoms with E-state index in [1.165, 1.54) is 0 Å². The molecule has 1 saturated heterocycles. The first kappa shape index (κ1) is 35.5. The van der Waals surface area contributed by atoms with E-state index in [0.717, 1.165) is 29.8 Å². The number of nitrogens with one attached hydrogen (secondary N) is 2. The second-order valence-corrected chi connectivity index (χ2v) is 14.3. The molecule has 1 aromatic carbocycles. The molecule has 1 aliphatic heterocycles. The van der Waals surface area contributed by atoms with Gasteiger partial charge >= 0.3 is 0 Å². The third-order valence-electron chi connectivity index (χ3n) is 8.66. The molecule has 236 valence electrons. The second-order valence-electron chi connectivity index (χ2n) is 14.3. The third-order valence-corrected chi connectivity index (χ3v) is 8.66. The Labute approximate surface area is 255 Å². The Morgan fingerprint density at radius 2 is 1.45 bits per heavy atom. The number of nitrogens with zero attached hydrogens (tertiary/aromatic N) is 3. The topological polar surface area (TPSA) is 85.0 Å². The number of piperazine rings is 1. The zero-order chi connectivity index (χ0) is 32.2. The molecule has 3 atom stereocenters. The minimum atomic E-state index is -0.760. The summed E-state index contributed by atoms with van der Waals surface area (Å²) in [7, 11) is 5.62. The van der Waals surface area contributed by atoms with E-state index in [0.29, 0.717) is 18.7 Å². The highest BCUT2D eigenvalue weighted by Crippen LogP contribution is 2.30. The van der Waals surface area contributed by atoms with E-state index in [9.17, 15) is 14.4 Å². The van der Waals surface area contributed by atoms with Crippen molar-refractivity contribution in [2.75, 3.05) is 47.3 Å². The molecule has 8 heteroatoms. The largest absolute Gasteiger partial charge is 0.342 e. The number of hydrogen-bond donors (Lipinski definition) is 2. The van der Waals surface area contributed by atoms with E-state index in [1.807, 2.05) is 52.5 Å². The fraction of sp³-hybridized carbons (Fsp3) is 0.676. The minimum Gasteiger partial charge on any atom is -0.342 e. The van der Waals surface area contributed by atoms with Crippen LogP contribution in [-0.4, -0.2) is 97.9 Å². The molecule has 0 radical (unpaired) electrons. The number of amides is 3. The van der Waals surface area contributed by atoms with Crippen LogP contribution in [0.4, 0.5) is 0 Å². The van der Waals surface area contributed by atoms with Crippen LogP contribution < -0.4 is 10.6 Å². The highest BCUT2D eigenvalue weighted by molar-refractivity contribution is 5.94. The van der Waals surface area contributed by atoms with Crippen LogP contribution in [0.3, 0.4) is 0 Å². The quantitative estimate of drug-likeness (QED) is 0.408. The molecule has 1 aromatic rings. The summed E-state index contributed by atoms with van der Waals surface area (Å²) in [6.45, 7) is 23.2. The van der Waals surface area contributed by atoms with E-state index < -0.39 is 22.9 Å². The summed E-state index contributed by atoms with van der Waals surface area (Å²) in [6.07, 6.45) is 1.92. The molecule has 0 aliphatic carbocycles. The van der Waals surface area contributed by atoms with Crippen molar-refractivity contribution in [3.8, 4) is 0 Å². The summed E-state index contributed by atoms with van der Waals surface area (Å²) in [6, 6.07) is 4.74. The van der Waals surface area contributed by atoms with Crippen LogP contribution in [0.5, 0.6) is 0 Å². The van der Waals surface area contributed by atoms with E-state index in [1.54, 1.807) is 19.0 Å². The molecule has 0 saturated carbocycles. The van der Waals surface area contributed by atoms with Gasteiger partial charge in [-0.2, -0.15) is 0 Å². The normalized spacial score (nSPS) is 17.6. The van der Waals surface area contributed by atoms with Crippen molar-refractivity contribution in [2.45, 2.75) is 92.8 Å². The third kappa shape index (κ3) is 8.66. The van der Waals surface area contributed by atoms with Gasteiger partial charge in [0.1, 0.15) is 6.04 Å². The Morgan fingerprint density at radius 1 is 0.929 bits per heavy atom. The van der Waals surface area contributed by atoms with Crippen LogP contribution in [-0.2, 0) is 19.8 Å². The van der Waals surface area contributed by atoms with Crippen molar-refractivity contribution in [1.82, 2.24) is 25.3 Å². The average Bonchev–Trinajstić information content (AvgIpc) is 2.88. The molecule has 0 spiro atoms. The highest BCUT2D eigenvalue weighted by Gasteiger charge is 2.41. The van der Waals surface area contributed by atoms with Crippen LogP contribution in [0, 0.1) is 25.2 Å². The molecule has 1 aliphatic rings. The highest BCUT2D eigenvalue weighted by atomic mass is 16.2. The molecule has 3 amide bonds. The zero-order valence-electron chi connectivity index (χ0n) is 28.5. The first-order valence-corrected chi connectivity index (χ1v) is 15.3. The lowest BCUT2D eigenvalue weighted by Crippen LogP contribution is -2.61. The van der Waals surface area contributed by atoms with Crippen LogP contribution >= 0.6 is 0 Å². The fourth-order valence-corrected chi connectivity index (χ4v) is 5.90. The Hall–Kier alpha value is -2.71. The van der Waals surface area contributed by atoms with Gasteiger partial charge < -0.3 is 25.3 Å². The molecule has 8 nitrogen and oxygen atoms in total. The molecule has 1 fully saturated rings. The maximum absolute atomic E-state index is 14.1. The van der Waals surface area contributed by atoms with Crippen molar-refractivity contribution >= 4 is 17.7 Å². The fourth-order valence-electron chi connectivity index (χ4n) is 5.90. The summed E-state index contributed by atoms with van der Waals surface area (Å²) in [5.41, 5.74) is 2.92. The summed E-state index contributed by atoms with van der Waals surface area (Å²) in [4.78, 5) is 47.1. The van der Waals surface area contributed by atoms with E-state index >= 15 is 0 Å². The number of aryl methyl sites for hydroxylation is 2. The van der Waals surface area contributed by atoms with Crippen molar-refractivity contribution in [2.24, 2.45) is 11.3 Å². The number of carbonyl (C=O) groups is 3. The van der Waals surface area contributed by atoms with Crippen molar-refractivity contribution in [1.29, 1.82) is 0 Å². The van der Waals surface area contributed by atoms with Crippen LogP contribution in [0.2, 0.25) is 0 Å². The van der Waals surface area contributed by atoms with Gasteiger partial charge in [-0.25, -0.2) is 0 Å². The lowest BCUT2D eigenvalue weighted by Gasteiger charge is -2.40. The van der Waals surface area contributed by atoms with E-state index in [4.69, 9.17) is 0 Å². The predicted molar refractivity (Wildman–Crippen MR) is 172 cm³/mol.